The number of aromatic carboxylic acids is 1. The fourth-order valence-corrected chi connectivity index (χ4v) is 4.84. The van der Waals surface area contributed by atoms with Crippen molar-refractivity contribution in [3.63, 3.8) is 0 Å². The van der Waals surface area contributed by atoms with E-state index in [4.69, 9.17) is 4.74 Å². The fourth-order valence-electron chi connectivity index (χ4n) is 4.84. The van der Waals surface area contributed by atoms with E-state index in [2.05, 4.69) is 78.0 Å². The molecular weight excluding hydrogens is 420 g/mol. The van der Waals surface area contributed by atoms with Gasteiger partial charge in [0.15, 0.2) is 0 Å². The molecule has 3 heteroatoms. The van der Waals surface area contributed by atoms with Crippen molar-refractivity contribution in [2.75, 3.05) is 0 Å². The standard InChI is InChI=1S/C31H34O3/c1-7-9-22-16-28-26(13-19(22)5)30(25-15-21(18(3)4)11-12-24(25)31(32)33)27-14-20(6)23(10-8-2)17-29(27)34-28/h9,11-18H,7-8,10H2,1-6H3,(H,32,33)/b22-9-. The molecule has 0 amide bonds. The van der Waals surface area contributed by atoms with Crippen molar-refractivity contribution in [1.29, 1.82) is 0 Å². The number of benzene rings is 3. The molecule has 34 heavy (non-hydrogen) atoms. The Hall–Kier alpha value is -3.33. The van der Waals surface area contributed by atoms with Crippen LogP contribution in [0.1, 0.15) is 90.2 Å². The highest BCUT2D eigenvalue weighted by Gasteiger charge is 2.25. The van der Waals surface area contributed by atoms with E-state index in [1.54, 1.807) is 6.07 Å². The first-order chi connectivity index (χ1) is 16.2. The molecule has 3 aromatic carbocycles. The average Bonchev–Trinajstić information content (AvgIpc) is 2.79. The van der Waals surface area contributed by atoms with Crippen molar-refractivity contribution in [2.45, 2.75) is 66.7 Å². The maximum atomic E-state index is 12.3. The van der Waals surface area contributed by atoms with Crippen molar-refractivity contribution in [3.05, 3.63) is 91.8 Å². The van der Waals surface area contributed by atoms with E-state index in [1.165, 1.54) is 11.1 Å². The van der Waals surface area contributed by atoms with Crippen LogP contribution in [0.5, 0.6) is 11.5 Å². The third-order valence-corrected chi connectivity index (χ3v) is 6.72. The third-order valence-electron chi connectivity index (χ3n) is 6.72. The van der Waals surface area contributed by atoms with Gasteiger partial charge in [-0.05, 0) is 102 Å². The number of hydrogen-bond acceptors (Lipinski definition) is 2. The Kier molecular flexibility index (Phi) is 6.65. The summed E-state index contributed by atoms with van der Waals surface area (Å²) in [6, 6.07) is 14.3. The number of carboxylic acid groups (broad SMARTS) is 1. The molecule has 0 fully saturated rings. The Morgan fingerprint density at radius 2 is 1.74 bits per heavy atom. The monoisotopic (exact) mass is 454 g/mol. The first-order valence-electron chi connectivity index (χ1n) is 12.3. The lowest BCUT2D eigenvalue weighted by Gasteiger charge is -2.25. The van der Waals surface area contributed by atoms with Crippen molar-refractivity contribution in [1.82, 2.24) is 0 Å². The summed E-state index contributed by atoms with van der Waals surface area (Å²) in [7, 11) is 0. The number of hydrogen-bond donors (Lipinski definition) is 1. The zero-order chi connectivity index (χ0) is 24.6. The molecular formula is C31H34O3. The summed E-state index contributed by atoms with van der Waals surface area (Å²) >= 11 is 0. The summed E-state index contributed by atoms with van der Waals surface area (Å²) in [5, 5.41) is 12.2. The Labute approximate surface area is 202 Å². The van der Waals surface area contributed by atoms with Gasteiger partial charge in [0, 0.05) is 16.4 Å². The lowest BCUT2D eigenvalue weighted by molar-refractivity contribution is 0.0696. The molecule has 1 N–H and O–H groups in total. The van der Waals surface area contributed by atoms with Gasteiger partial charge in [0.2, 0.25) is 0 Å². The number of aryl methyl sites for hydroxylation is 3. The van der Waals surface area contributed by atoms with Gasteiger partial charge in [-0.25, -0.2) is 4.79 Å². The van der Waals surface area contributed by atoms with Crippen molar-refractivity contribution < 1.29 is 14.6 Å². The number of ether oxygens (including phenoxy) is 1. The van der Waals surface area contributed by atoms with Gasteiger partial charge >= 0.3 is 5.97 Å². The quantitative estimate of drug-likeness (QED) is 0.356. The Morgan fingerprint density at radius 1 is 0.971 bits per heavy atom. The summed E-state index contributed by atoms with van der Waals surface area (Å²) in [5.74, 6) is 0.955. The zero-order valence-corrected chi connectivity index (χ0v) is 21.1. The molecule has 3 nitrogen and oxygen atoms in total. The first kappa shape index (κ1) is 23.8. The molecule has 1 aliphatic rings. The van der Waals surface area contributed by atoms with Crippen LogP contribution in [-0.2, 0) is 6.42 Å². The van der Waals surface area contributed by atoms with Gasteiger partial charge in [-0.1, -0.05) is 46.3 Å². The second-order valence-electron chi connectivity index (χ2n) is 9.58. The average molecular weight is 455 g/mol. The Morgan fingerprint density at radius 3 is 2.38 bits per heavy atom. The summed E-state index contributed by atoms with van der Waals surface area (Å²) in [5.41, 5.74) is 7.71. The van der Waals surface area contributed by atoms with Gasteiger partial charge in [-0.15, -0.1) is 0 Å². The number of carbonyl (C=O) groups is 1. The van der Waals surface area contributed by atoms with E-state index in [0.717, 1.165) is 69.0 Å². The minimum Gasteiger partial charge on any atom is -0.478 e. The van der Waals surface area contributed by atoms with Crippen LogP contribution >= 0.6 is 0 Å². The second-order valence-corrected chi connectivity index (χ2v) is 9.58. The fraction of sp³-hybridized carbons (Fsp3) is 0.323. The topological polar surface area (TPSA) is 46.5 Å². The van der Waals surface area contributed by atoms with Crippen LogP contribution in [0.25, 0.3) is 11.6 Å². The lowest BCUT2D eigenvalue weighted by atomic mass is 9.85. The maximum absolute atomic E-state index is 12.3. The summed E-state index contributed by atoms with van der Waals surface area (Å²) < 4.78 is 6.50. The molecule has 176 valence electrons. The molecule has 0 aliphatic carbocycles. The van der Waals surface area contributed by atoms with Gasteiger partial charge in [-0.3, -0.25) is 0 Å². The Balaban J connectivity index is 2.17. The normalized spacial score (nSPS) is 13.0. The molecule has 0 saturated heterocycles. The smallest absolute Gasteiger partial charge is 0.336 e. The van der Waals surface area contributed by atoms with Crippen LogP contribution in [0.15, 0.2) is 42.5 Å². The van der Waals surface area contributed by atoms with Crippen molar-refractivity contribution >= 4 is 17.6 Å². The van der Waals surface area contributed by atoms with Gasteiger partial charge in [0.05, 0.1) is 5.56 Å². The summed E-state index contributed by atoms with van der Waals surface area (Å²) in [6.45, 7) is 12.8. The predicted octanol–water partition coefficient (Wildman–Crippen LogP) is 6.62. The molecule has 0 bridgehead atoms. The predicted molar refractivity (Wildman–Crippen MR) is 140 cm³/mol. The highest BCUT2D eigenvalue weighted by molar-refractivity contribution is 5.98. The van der Waals surface area contributed by atoms with Crippen molar-refractivity contribution in [2.24, 2.45) is 0 Å². The molecule has 4 rings (SSSR count). The van der Waals surface area contributed by atoms with E-state index in [0.29, 0.717) is 5.56 Å². The molecule has 0 unspecified atom stereocenters. The van der Waals surface area contributed by atoms with Gasteiger partial charge < -0.3 is 9.84 Å². The molecule has 0 aromatic heterocycles. The summed E-state index contributed by atoms with van der Waals surface area (Å²) in [6.07, 6.45) is 5.18. The SMILES string of the molecule is CC/C=c1/cc2c(cc1C)=C(c1cc(C(C)C)ccc1C(=O)O)c1cc(C)c(CCC)cc1O2. The lowest BCUT2D eigenvalue weighted by Crippen LogP contribution is -2.23. The van der Waals surface area contributed by atoms with E-state index in [9.17, 15) is 9.90 Å². The van der Waals surface area contributed by atoms with Gasteiger partial charge in [-0.2, -0.15) is 0 Å². The van der Waals surface area contributed by atoms with E-state index in [1.807, 2.05) is 6.07 Å². The largest absolute Gasteiger partial charge is 0.478 e. The number of carboxylic acids is 1. The van der Waals surface area contributed by atoms with E-state index < -0.39 is 5.97 Å². The molecule has 1 aliphatic heterocycles. The third kappa shape index (κ3) is 4.27. The maximum Gasteiger partial charge on any atom is 0.336 e. The van der Waals surface area contributed by atoms with Crippen molar-refractivity contribution in [3.8, 4) is 11.5 Å². The second kappa shape index (κ2) is 9.50. The summed E-state index contributed by atoms with van der Waals surface area (Å²) in [4.78, 5) is 12.3. The molecule has 0 radical (unpaired) electrons. The van der Waals surface area contributed by atoms with E-state index >= 15 is 0 Å². The van der Waals surface area contributed by atoms with Crippen LogP contribution in [0.2, 0.25) is 0 Å². The molecule has 3 aromatic rings. The first-order valence-corrected chi connectivity index (χ1v) is 12.3. The zero-order valence-electron chi connectivity index (χ0n) is 21.1. The van der Waals surface area contributed by atoms with Crippen LogP contribution in [0.3, 0.4) is 0 Å². The minimum atomic E-state index is -0.917. The highest BCUT2D eigenvalue weighted by Crippen LogP contribution is 2.39. The van der Waals surface area contributed by atoms with Crippen LogP contribution < -0.4 is 15.2 Å². The molecule has 0 saturated carbocycles. The molecule has 0 atom stereocenters. The molecule has 1 heterocycles. The van der Waals surface area contributed by atoms with Crippen LogP contribution in [0.4, 0.5) is 0 Å². The van der Waals surface area contributed by atoms with Crippen LogP contribution in [0, 0.1) is 13.8 Å². The number of fused-ring (bicyclic) bond motifs is 2. The molecule has 0 spiro atoms. The Bertz CT molecular complexity index is 1390. The number of rotatable bonds is 6. The van der Waals surface area contributed by atoms with E-state index in [-0.39, 0.29) is 5.92 Å². The highest BCUT2D eigenvalue weighted by atomic mass is 16.5. The van der Waals surface area contributed by atoms with Crippen LogP contribution in [-0.4, -0.2) is 11.1 Å². The van der Waals surface area contributed by atoms with Gasteiger partial charge in [0.1, 0.15) is 11.5 Å². The van der Waals surface area contributed by atoms with Gasteiger partial charge in [0.25, 0.3) is 0 Å². The minimum absolute atomic E-state index is 0.290.